The number of rotatable bonds is 4. The first-order valence-corrected chi connectivity index (χ1v) is 4.79. The molecule has 0 aliphatic carbocycles. The van der Waals surface area contributed by atoms with Gasteiger partial charge in [0.1, 0.15) is 0 Å². The molecular weight excluding hydrogens is 186 g/mol. The smallest absolute Gasteiger partial charge is 0.409 e. The third kappa shape index (κ3) is 2.61. The van der Waals surface area contributed by atoms with Crippen LogP contribution in [0.25, 0.3) is 0 Å². The first kappa shape index (κ1) is 10.8. The van der Waals surface area contributed by atoms with Gasteiger partial charge in [-0.1, -0.05) is 6.92 Å². The van der Waals surface area contributed by atoms with Crippen molar-refractivity contribution in [2.24, 2.45) is 5.92 Å². The highest BCUT2D eigenvalue weighted by atomic mass is 16.6. The van der Waals surface area contributed by atoms with E-state index >= 15 is 0 Å². The van der Waals surface area contributed by atoms with Crippen molar-refractivity contribution in [3.8, 4) is 0 Å². The van der Waals surface area contributed by atoms with E-state index in [-0.39, 0.29) is 6.54 Å². The van der Waals surface area contributed by atoms with Crippen molar-refractivity contribution in [3.63, 3.8) is 0 Å². The molecule has 0 aromatic carbocycles. The Balaban J connectivity index is 2.48. The molecule has 0 radical (unpaired) electrons. The highest BCUT2D eigenvalue weighted by molar-refractivity contribution is 5.72. The summed E-state index contributed by atoms with van der Waals surface area (Å²) in [6.07, 6.45) is 0.914. The lowest BCUT2D eigenvalue weighted by atomic mass is 10.1. The van der Waals surface area contributed by atoms with Gasteiger partial charge in [0.2, 0.25) is 0 Å². The second-order valence-electron chi connectivity index (χ2n) is 3.36. The summed E-state index contributed by atoms with van der Waals surface area (Å²) in [7, 11) is 0. The van der Waals surface area contributed by atoms with E-state index in [0.717, 1.165) is 6.42 Å². The zero-order valence-corrected chi connectivity index (χ0v) is 8.23. The Bertz CT molecular complexity index is 229. The minimum absolute atomic E-state index is 0.255. The number of carboxylic acid groups (broad SMARTS) is 1. The zero-order chi connectivity index (χ0) is 10.6. The molecule has 1 rings (SSSR count). The fraction of sp³-hybridized carbons (Fsp3) is 0.778. The van der Waals surface area contributed by atoms with E-state index in [9.17, 15) is 9.59 Å². The van der Waals surface area contributed by atoms with Crippen LogP contribution in [0.3, 0.4) is 0 Å². The molecule has 1 N–H and O–H groups in total. The van der Waals surface area contributed by atoms with E-state index in [1.54, 1.807) is 6.92 Å². The molecule has 0 aromatic rings. The number of ether oxygens (including phenoxy) is 1. The summed E-state index contributed by atoms with van der Waals surface area (Å²) in [5.41, 5.74) is 0. The zero-order valence-electron chi connectivity index (χ0n) is 8.23. The maximum Gasteiger partial charge on any atom is 0.409 e. The second kappa shape index (κ2) is 4.83. The van der Waals surface area contributed by atoms with Crippen LogP contribution in [0.1, 0.15) is 19.8 Å². The Hall–Kier alpha value is -1.26. The lowest BCUT2D eigenvalue weighted by Crippen LogP contribution is -2.42. The minimum atomic E-state index is -0.856. The van der Waals surface area contributed by atoms with Crippen LogP contribution in [0.15, 0.2) is 0 Å². The topological polar surface area (TPSA) is 66.8 Å². The monoisotopic (exact) mass is 201 g/mol. The number of aliphatic carboxylic acids is 1. The van der Waals surface area contributed by atoms with Gasteiger partial charge in [-0.05, 0) is 12.8 Å². The van der Waals surface area contributed by atoms with Crippen molar-refractivity contribution in [3.05, 3.63) is 0 Å². The van der Waals surface area contributed by atoms with Gasteiger partial charge in [0, 0.05) is 13.1 Å². The lowest BCUT2D eigenvalue weighted by molar-refractivity contribution is -0.142. The molecule has 5 heteroatoms. The van der Waals surface area contributed by atoms with Gasteiger partial charge in [-0.2, -0.15) is 0 Å². The van der Waals surface area contributed by atoms with Crippen LogP contribution in [0, 0.1) is 5.92 Å². The summed E-state index contributed by atoms with van der Waals surface area (Å²) in [4.78, 5) is 23.4. The molecule has 0 saturated carbocycles. The molecule has 1 amide bonds. The average Bonchev–Trinajstić information content (AvgIpc) is 2.16. The molecule has 80 valence electrons. The fourth-order valence-corrected chi connectivity index (χ4v) is 1.41. The maximum absolute atomic E-state index is 11.2. The highest BCUT2D eigenvalue weighted by Crippen LogP contribution is 2.11. The molecule has 0 spiro atoms. The van der Waals surface area contributed by atoms with Crippen LogP contribution in [0.2, 0.25) is 0 Å². The SMILES string of the molecule is CCC(CN1CCCOC1=O)C(=O)O. The molecule has 1 aliphatic rings. The third-order valence-corrected chi connectivity index (χ3v) is 2.34. The van der Waals surface area contributed by atoms with Gasteiger partial charge in [-0.15, -0.1) is 0 Å². The summed E-state index contributed by atoms with van der Waals surface area (Å²) in [6.45, 7) is 3.10. The Morgan fingerprint density at radius 3 is 2.93 bits per heavy atom. The van der Waals surface area contributed by atoms with Gasteiger partial charge in [-0.3, -0.25) is 4.79 Å². The Morgan fingerprint density at radius 1 is 1.71 bits per heavy atom. The first-order valence-electron chi connectivity index (χ1n) is 4.79. The number of carbonyl (C=O) groups is 2. The van der Waals surface area contributed by atoms with E-state index in [4.69, 9.17) is 9.84 Å². The van der Waals surface area contributed by atoms with Gasteiger partial charge >= 0.3 is 12.1 Å². The number of hydrogen-bond donors (Lipinski definition) is 1. The van der Waals surface area contributed by atoms with Crippen molar-refractivity contribution >= 4 is 12.1 Å². The number of hydrogen-bond acceptors (Lipinski definition) is 3. The molecule has 1 unspecified atom stereocenters. The highest BCUT2D eigenvalue weighted by Gasteiger charge is 2.25. The van der Waals surface area contributed by atoms with E-state index in [0.29, 0.717) is 19.6 Å². The molecule has 1 aliphatic heterocycles. The summed E-state index contributed by atoms with van der Waals surface area (Å²) in [6, 6.07) is 0. The van der Waals surface area contributed by atoms with Crippen LogP contribution in [-0.2, 0) is 9.53 Å². The van der Waals surface area contributed by atoms with E-state index in [2.05, 4.69) is 0 Å². The molecule has 5 nitrogen and oxygen atoms in total. The standard InChI is InChI=1S/C9H15NO4/c1-2-7(8(11)12)6-10-4-3-5-14-9(10)13/h7H,2-6H2,1H3,(H,11,12). The Labute approximate surface area is 82.6 Å². The molecule has 14 heavy (non-hydrogen) atoms. The van der Waals surface area contributed by atoms with E-state index < -0.39 is 18.0 Å². The predicted octanol–water partition coefficient (Wildman–Crippen LogP) is 0.940. The Morgan fingerprint density at radius 2 is 2.43 bits per heavy atom. The average molecular weight is 201 g/mol. The van der Waals surface area contributed by atoms with Gasteiger partial charge in [0.15, 0.2) is 0 Å². The largest absolute Gasteiger partial charge is 0.481 e. The number of carbonyl (C=O) groups excluding carboxylic acids is 1. The van der Waals surface area contributed by atoms with E-state index in [1.165, 1.54) is 4.90 Å². The minimum Gasteiger partial charge on any atom is -0.481 e. The summed E-state index contributed by atoms with van der Waals surface area (Å²) < 4.78 is 4.81. The van der Waals surface area contributed by atoms with Gasteiger partial charge in [0.05, 0.1) is 12.5 Å². The third-order valence-electron chi connectivity index (χ3n) is 2.34. The van der Waals surface area contributed by atoms with E-state index in [1.807, 2.05) is 0 Å². The summed E-state index contributed by atoms with van der Waals surface area (Å²) in [5, 5.41) is 8.81. The molecule has 1 fully saturated rings. The predicted molar refractivity (Wildman–Crippen MR) is 49.0 cm³/mol. The number of carboxylic acids is 1. The molecule has 1 saturated heterocycles. The summed E-state index contributed by atoms with van der Waals surface area (Å²) >= 11 is 0. The van der Waals surface area contributed by atoms with Gasteiger partial charge in [0.25, 0.3) is 0 Å². The molecule has 1 atom stereocenters. The normalized spacial score (nSPS) is 18.9. The van der Waals surface area contributed by atoms with Crippen LogP contribution in [-0.4, -0.2) is 41.8 Å². The van der Waals surface area contributed by atoms with Crippen molar-refractivity contribution in [2.45, 2.75) is 19.8 Å². The quantitative estimate of drug-likeness (QED) is 0.735. The van der Waals surface area contributed by atoms with Gasteiger partial charge in [-0.25, -0.2) is 4.79 Å². The van der Waals surface area contributed by atoms with Gasteiger partial charge < -0.3 is 14.7 Å². The molecule has 1 heterocycles. The van der Waals surface area contributed by atoms with Crippen LogP contribution >= 0.6 is 0 Å². The number of cyclic esters (lactones) is 1. The second-order valence-corrected chi connectivity index (χ2v) is 3.36. The molecule has 0 bridgehead atoms. The molecular formula is C9H15NO4. The Kier molecular flexibility index (Phi) is 3.73. The van der Waals surface area contributed by atoms with Crippen LogP contribution in [0.4, 0.5) is 4.79 Å². The van der Waals surface area contributed by atoms with Crippen LogP contribution in [0.5, 0.6) is 0 Å². The fourth-order valence-electron chi connectivity index (χ4n) is 1.41. The van der Waals surface area contributed by atoms with Crippen molar-refractivity contribution in [1.29, 1.82) is 0 Å². The summed E-state index contributed by atoms with van der Waals surface area (Å²) in [5.74, 6) is -1.34. The lowest BCUT2D eigenvalue weighted by Gasteiger charge is -2.28. The number of nitrogens with zero attached hydrogens (tertiary/aromatic N) is 1. The van der Waals surface area contributed by atoms with Crippen molar-refractivity contribution in [2.75, 3.05) is 19.7 Å². The first-order chi connectivity index (χ1) is 6.65. The number of amides is 1. The maximum atomic E-state index is 11.2. The van der Waals surface area contributed by atoms with Crippen molar-refractivity contribution in [1.82, 2.24) is 4.90 Å². The van der Waals surface area contributed by atoms with Crippen molar-refractivity contribution < 1.29 is 19.4 Å². The van der Waals surface area contributed by atoms with Crippen LogP contribution < -0.4 is 0 Å². The molecule has 0 aromatic heterocycles.